The van der Waals surface area contributed by atoms with Gasteiger partial charge in [0.15, 0.2) is 0 Å². The summed E-state index contributed by atoms with van der Waals surface area (Å²) in [5.74, 6) is 0.616. The minimum absolute atomic E-state index is 0.259. The molecule has 4 aromatic rings. The van der Waals surface area contributed by atoms with Crippen molar-refractivity contribution in [3.05, 3.63) is 88.9 Å². The van der Waals surface area contributed by atoms with E-state index >= 15 is 0 Å². The molecule has 0 N–H and O–H groups in total. The minimum Gasteiger partial charge on any atom is -0.487 e. The van der Waals surface area contributed by atoms with Crippen LogP contribution in [0.4, 0.5) is 5.00 Å². The van der Waals surface area contributed by atoms with Gasteiger partial charge in [-0.3, -0.25) is 0 Å². The SMILES string of the molecule is CCOC(=O)c1c(N=Cc2cc(I)c(OCc3cccc4ccccc34)c(I)c2)sc2c1CCCC2. The van der Waals surface area contributed by atoms with Gasteiger partial charge in [0.1, 0.15) is 17.4 Å². The maximum Gasteiger partial charge on any atom is 0.341 e. The van der Waals surface area contributed by atoms with Crippen LogP contribution in [0.1, 0.15) is 51.7 Å². The van der Waals surface area contributed by atoms with Crippen molar-refractivity contribution in [3.8, 4) is 5.75 Å². The maximum absolute atomic E-state index is 12.7. The molecule has 0 saturated heterocycles. The molecular weight excluding hydrogens is 696 g/mol. The summed E-state index contributed by atoms with van der Waals surface area (Å²) in [5.41, 5.74) is 3.94. The highest BCUT2D eigenvalue weighted by molar-refractivity contribution is 14.1. The van der Waals surface area contributed by atoms with Crippen LogP contribution in [0.5, 0.6) is 5.75 Å². The quantitative estimate of drug-likeness (QED) is 0.109. The Hall–Kier alpha value is -1.98. The molecule has 1 heterocycles. The van der Waals surface area contributed by atoms with Gasteiger partial charge in [-0.15, -0.1) is 11.3 Å². The normalized spacial score (nSPS) is 13.2. The van der Waals surface area contributed by atoms with E-state index in [9.17, 15) is 4.79 Å². The highest BCUT2D eigenvalue weighted by Crippen LogP contribution is 2.40. The standard InChI is InChI=1S/C29H25I2NO3S/c1-2-34-29(33)26-22-12-5-6-13-25(22)36-28(26)32-16-18-14-23(30)27(24(31)15-18)35-17-20-10-7-9-19-8-3-4-11-21(19)20/h3-4,7-11,14-16H,2,5-6,12-13,17H2,1H3. The van der Waals surface area contributed by atoms with Gasteiger partial charge in [0, 0.05) is 11.1 Å². The molecule has 1 aliphatic carbocycles. The van der Waals surface area contributed by atoms with Gasteiger partial charge < -0.3 is 9.47 Å². The Labute approximate surface area is 242 Å². The lowest BCUT2D eigenvalue weighted by Gasteiger charge is -2.13. The fraction of sp³-hybridized carbons (Fsp3) is 0.241. The number of halogens is 2. The number of ether oxygens (including phenoxy) is 2. The number of hydrogen-bond donors (Lipinski definition) is 0. The summed E-state index contributed by atoms with van der Waals surface area (Å²) in [6.07, 6.45) is 6.05. The molecule has 184 valence electrons. The number of nitrogens with zero attached hydrogens (tertiary/aromatic N) is 1. The van der Waals surface area contributed by atoms with E-state index in [0.717, 1.165) is 54.7 Å². The highest BCUT2D eigenvalue weighted by Gasteiger charge is 2.26. The van der Waals surface area contributed by atoms with E-state index in [0.29, 0.717) is 18.8 Å². The van der Waals surface area contributed by atoms with E-state index in [1.165, 1.54) is 21.2 Å². The Balaban J connectivity index is 1.38. The summed E-state index contributed by atoms with van der Waals surface area (Å²) in [4.78, 5) is 18.8. The highest BCUT2D eigenvalue weighted by atomic mass is 127. The predicted molar refractivity (Wildman–Crippen MR) is 164 cm³/mol. The van der Waals surface area contributed by atoms with Crippen molar-refractivity contribution in [3.63, 3.8) is 0 Å². The lowest BCUT2D eigenvalue weighted by Crippen LogP contribution is -2.09. The van der Waals surface area contributed by atoms with Crippen LogP contribution in [-0.2, 0) is 24.2 Å². The van der Waals surface area contributed by atoms with Crippen LogP contribution in [0.2, 0.25) is 0 Å². The molecule has 0 bridgehead atoms. The van der Waals surface area contributed by atoms with Crippen LogP contribution in [0.25, 0.3) is 10.8 Å². The van der Waals surface area contributed by atoms with Crippen molar-refractivity contribution in [2.45, 2.75) is 39.2 Å². The Morgan fingerprint density at radius 2 is 1.81 bits per heavy atom. The summed E-state index contributed by atoms with van der Waals surface area (Å²) >= 11 is 6.27. The summed E-state index contributed by atoms with van der Waals surface area (Å²) in [6.45, 7) is 2.71. The lowest BCUT2D eigenvalue weighted by molar-refractivity contribution is 0.0526. The smallest absolute Gasteiger partial charge is 0.341 e. The van der Waals surface area contributed by atoms with Crippen LogP contribution >= 0.6 is 56.5 Å². The van der Waals surface area contributed by atoms with Gasteiger partial charge in [0.2, 0.25) is 0 Å². The molecule has 36 heavy (non-hydrogen) atoms. The Kier molecular flexibility index (Phi) is 8.27. The average molecular weight is 721 g/mol. The number of aliphatic imine (C=N–C) groups is 1. The number of aryl methyl sites for hydroxylation is 1. The summed E-state index contributed by atoms with van der Waals surface area (Å²) in [7, 11) is 0. The molecule has 1 aromatic heterocycles. The van der Waals surface area contributed by atoms with E-state index in [4.69, 9.17) is 14.5 Å². The fourth-order valence-electron chi connectivity index (χ4n) is 4.55. The molecule has 0 atom stereocenters. The number of esters is 1. The van der Waals surface area contributed by atoms with Crippen molar-refractivity contribution in [2.24, 2.45) is 4.99 Å². The lowest BCUT2D eigenvalue weighted by atomic mass is 9.95. The second kappa shape index (κ2) is 11.6. The Morgan fingerprint density at radius 3 is 2.61 bits per heavy atom. The topological polar surface area (TPSA) is 47.9 Å². The van der Waals surface area contributed by atoms with Crippen LogP contribution in [0.3, 0.4) is 0 Å². The number of thiophene rings is 1. The fourth-order valence-corrected chi connectivity index (χ4v) is 7.90. The molecule has 0 unspecified atom stereocenters. The third-order valence-corrected chi connectivity index (χ3v) is 9.04. The first kappa shape index (κ1) is 25.7. The van der Waals surface area contributed by atoms with Crippen LogP contribution in [0.15, 0.2) is 59.6 Å². The zero-order valence-electron chi connectivity index (χ0n) is 19.9. The minimum atomic E-state index is -0.259. The molecule has 0 fully saturated rings. The van der Waals surface area contributed by atoms with Crippen molar-refractivity contribution in [1.82, 2.24) is 0 Å². The number of hydrogen-bond acceptors (Lipinski definition) is 5. The zero-order chi connectivity index (χ0) is 25.1. The number of carbonyl (C=O) groups is 1. The molecule has 0 saturated carbocycles. The van der Waals surface area contributed by atoms with Crippen molar-refractivity contribution < 1.29 is 14.3 Å². The van der Waals surface area contributed by atoms with Gasteiger partial charge in [-0.1, -0.05) is 42.5 Å². The third kappa shape index (κ3) is 5.47. The average Bonchev–Trinajstić information content (AvgIpc) is 3.26. The van der Waals surface area contributed by atoms with E-state index < -0.39 is 0 Å². The first-order valence-corrected chi connectivity index (χ1v) is 15.0. The van der Waals surface area contributed by atoms with Gasteiger partial charge >= 0.3 is 5.97 Å². The first-order valence-electron chi connectivity index (χ1n) is 12.0. The van der Waals surface area contributed by atoms with Crippen molar-refractivity contribution in [2.75, 3.05) is 6.61 Å². The Bertz CT molecular complexity index is 1430. The van der Waals surface area contributed by atoms with Gasteiger partial charge in [-0.05, 0) is 117 Å². The molecule has 0 spiro atoms. The molecule has 0 radical (unpaired) electrons. The molecule has 0 aliphatic heterocycles. The van der Waals surface area contributed by atoms with E-state index in [1.54, 1.807) is 11.3 Å². The second-order valence-corrected chi connectivity index (χ2v) is 12.0. The molecular formula is C29H25I2NO3S. The second-order valence-electron chi connectivity index (χ2n) is 8.61. The van der Waals surface area contributed by atoms with E-state index in [1.807, 2.05) is 13.1 Å². The van der Waals surface area contributed by atoms with Crippen molar-refractivity contribution in [1.29, 1.82) is 0 Å². The number of carbonyl (C=O) groups excluding carboxylic acids is 1. The predicted octanol–water partition coefficient (Wildman–Crippen LogP) is 8.50. The van der Waals surface area contributed by atoms with Crippen LogP contribution in [0, 0.1) is 7.14 Å². The monoisotopic (exact) mass is 721 g/mol. The molecule has 4 nitrogen and oxygen atoms in total. The Morgan fingerprint density at radius 1 is 1.06 bits per heavy atom. The van der Waals surface area contributed by atoms with Gasteiger partial charge in [-0.2, -0.15) is 0 Å². The summed E-state index contributed by atoms with van der Waals surface area (Å²) < 4.78 is 13.7. The summed E-state index contributed by atoms with van der Waals surface area (Å²) in [6, 6.07) is 18.8. The first-order chi connectivity index (χ1) is 17.5. The van der Waals surface area contributed by atoms with Crippen LogP contribution in [-0.4, -0.2) is 18.8 Å². The molecule has 5 rings (SSSR count). The molecule has 0 amide bonds. The number of rotatable bonds is 7. The molecule has 1 aliphatic rings. The van der Waals surface area contributed by atoms with Gasteiger partial charge in [0.05, 0.1) is 19.3 Å². The van der Waals surface area contributed by atoms with Crippen molar-refractivity contribution >= 4 is 84.5 Å². The number of fused-ring (bicyclic) bond motifs is 2. The van der Waals surface area contributed by atoms with Gasteiger partial charge in [-0.25, -0.2) is 9.79 Å². The summed E-state index contributed by atoms with van der Waals surface area (Å²) in [5, 5.41) is 3.18. The largest absolute Gasteiger partial charge is 0.487 e. The zero-order valence-corrected chi connectivity index (χ0v) is 25.0. The van der Waals surface area contributed by atoms with Gasteiger partial charge in [0.25, 0.3) is 0 Å². The maximum atomic E-state index is 12.7. The van der Waals surface area contributed by atoms with E-state index in [2.05, 4.69) is 99.8 Å². The molecule has 3 aromatic carbocycles. The number of benzene rings is 3. The third-order valence-electron chi connectivity index (χ3n) is 6.24. The van der Waals surface area contributed by atoms with Crippen LogP contribution < -0.4 is 4.74 Å². The molecule has 7 heteroatoms. The van der Waals surface area contributed by atoms with E-state index in [-0.39, 0.29) is 5.97 Å².